The van der Waals surface area contributed by atoms with Crippen LogP contribution in [0.1, 0.15) is 16.2 Å². The molecule has 0 aliphatic carbocycles. The molecule has 0 fully saturated rings. The molecule has 0 aliphatic heterocycles. The molecule has 128 valence electrons. The molecule has 0 bridgehead atoms. The lowest BCUT2D eigenvalue weighted by atomic mass is 10.2. The maximum absolute atomic E-state index is 12.0. The number of carbonyl (C=O) groups is 1. The van der Waals surface area contributed by atoms with Crippen LogP contribution in [-0.2, 0) is 6.54 Å². The first-order chi connectivity index (χ1) is 12.2. The third kappa shape index (κ3) is 3.74. The first kappa shape index (κ1) is 16.4. The van der Waals surface area contributed by atoms with Crippen molar-refractivity contribution in [2.45, 2.75) is 6.54 Å². The summed E-state index contributed by atoms with van der Waals surface area (Å²) in [4.78, 5) is 20.2. The Morgan fingerprint density at radius 2 is 2.04 bits per heavy atom. The van der Waals surface area contributed by atoms with Crippen LogP contribution in [0.2, 0.25) is 0 Å². The maximum atomic E-state index is 12.0. The van der Waals surface area contributed by atoms with Crippen LogP contribution in [0.3, 0.4) is 0 Å². The Bertz CT molecular complexity index is 864. The van der Waals surface area contributed by atoms with Gasteiger partial charge in [0, 0.05) is 18.0 Å². The number of ether oxygens (including phenoxy) is 2. The highest BCUT2D eigenvalue weighted by Crippen LogP contribution is 2.31. The van der Waals surface area contributed by atoms with Gasteiger partial charge in [-0.3, -0.25) is 9.78 Å². The molecule has 1 N–H and O–H groups in total. The summed E-state index contributed by atoms with van der Waals surface area (Å²) in [6.07, 6.45) is 3.09. The van der Waals surface area contributed by atoms with Gasteiger partial charge in [0.1, 0.15) is 0 Å². The number of pyridine rings is 1. The van der Waals surface area contributed by atoms with Crippen LogP contribution in [0.25, 0.3) is 11.4 Å². The van der Waals surface area contributed by atoms with Gasteiger partial charge in [0.2, 0.25) is 11.7 Å². The second-order valence-corrected chi connectivity index (χ2v) is 5.01. The van der Waals surface area contributed by atoms with Crippen molar-refractivity contribution in [3.05, 3.63) is 54.2 Å². The predicted octanol–water partition coefficient (Wildman–Crippen LogP) is 2.08. The van der Waals surface area contributed by atoms with E-state index in [1.807, 2.05) is 0 Å². The maximum Gasteiger partial charge on any atom is 0.253 e. The van der Waals surface area contributed by atoms with Gasteiger partial charge in [0.05, 0.1) is 26.3 Å². The molecule has 2 aromatic heterocycles. The molecule has 0 saturated carbocycles. The molecule has 2 heterocycles. The SMILES string of the molecule is COc1ccc(-c2noc(CNC(=O)c3cccnc3)n2)cc1OC. The minimum absolute atomic E-state index is 0.119. The molecule has 1 amide bonds. The van der Waals surface area contributed by atoms with Crippen molar-refractivity contribution in [2.24, 2.45) is 0 Å². The third-order valence-corrected chi connectivity index (χ3v) is 3.43. The second-order valence-electron chi connectivity index (χ2n) is 5.01. The summed E-state index contributed by atoms with van der Waals surface area (Å²) in [6, 6.07) is 8.67. The number of carbonyl (C=O) groups excluding carboxylic acids is 1. The fraction of sp³-hybridized carbons (Fsp3) is 0.176. The molecule has 8 heteroatoms. The van der Waals surface area contributed by atoms with Gasteiger partial charge in [-0.05, 0) is 30.3 Å². The first-order valence-corrected chi connectivity index (χ1v) is 7.44. The molecule has 3 rings (SSSR count). The van der Waals surface area contributed by atoms with E-state index in [2.05, 4.69) is 20.4 Å². The van der Waals surface area contributed by atoms with E-state index in [1.54, 1.807) is 50.7 Å². The molecule has 0 aliphatic rings. The zero-order chi connectivity index (χ0) is 17.6. The monoisotopic (exact) mass is 340 g/mol. The van der Waals surface area contributed by atoms with Gasteiger partial charge < -0.3 is 19.3 Å². The summed E-state index contributed by atoms with van der Waals surface area (Å²) >= 11 is 0. The second kappa shape index (κ2) is 7.43. The Hall–Kier alpha value is -3.42. The van der Waals surface area contributed by atoms with Gasteiger partial charge in [-0.25, -0.2) is 0 Å². The van der Waals surface area contributed by atoms with Crippen LogP contribution in [0.5, 0.6) is 11.5 Å². The summed E-state index contributed by atoms with van der Waals surface area (Å²) in [5, 5.41) is 6.62. The molecule has 0 atom stereocenters. The largest absolute Gasteiger partial charge is 0.493 e. The quantitative estimate of drug-likeness (QED) is 0.733. The fourth-order valence-corrected chi connectivity index (χ4v) is 2.17. The first-order valence-electron chi connectivity index (χ1n) is 7.44. The highest BCUT2D eigenvalue weighted by atomic mass is 16.5. The average molecular weight is 340 g/mol. The highest BCUT2D eigenvalue weighted by molar-refractivity contribution is 5.93. The smallest absolute Gasteiger partial charge is 0.253 e. The minimum atomic E-state index is -0.265. The standard InChI is InChI=1S/C17H16N4O4/c1-23-13-6-5-11(8-14(13)24-2)16-20-15(25-21-16)10-19-17(22)12-4-3-7-18-9-12/h3-9H,10H2,1-2H3,(H,19,22). The molecule has 3 aromatic rings. The zero-order valence-electron chi connectivity index (χ0n) is 13.7. The normalized spacial score (nSPS) is 10.3. The number of aromatic nitrogens is 3. The fourth-order valence-electron chi connectivity index (χ4n) is 2.17. The van der Waals surface area contributed by atoms with E-state index in [4.69, 9.17) is 14.0 Å². The molecule has 0 saturated heterocycles. The Morgan fingerprint density at radius 3 is 2.76 bits per heavy atom. The molecule has 0 radical (unpaired) electrons. The van der Waals surface area contributed by atoms with Crippen LogP contribution in [0.15, 0.2) is 47.2 Å². The zero-order valence-corrected chi connectivity index (χ0v) is 13.7. The lowest BCUT2D eigenvalue weighted by Gasteiger charge is -2.07. The highest BCUT2D eigenvalue weighted by Gasteiger charge is 2.13. The van der Waals surface area contributed by atoms with Crippen molar-refractivity contribution in [3.8, 4) is 22.9 Å². The van der Waals surface area contributed by atoms with Crippen molar-refractivity contribution in [2.75, 3.05) is 14.2 Å². The number of benzene rings is 1. The van der Waals surface area contributed by atoms with E-state index >= 15 is 0 Å². The van der Waals surface area contributed by atoms with Gasteiger partial charge in [0.25, 0.3) is 5.91 Å². The van der Waals surface area contributed by atoms with Crippen molar-refractivity contribution >= 4 is 5.91 Å². The number of amides is 1. The summed E-state index contributed by atoms with van der Waals surface area (Å²) in [6.45, 7) is 0.119. The Morgan fingerprint density at radius 1 is 1.20 bits per heavy atom. The Kier molecular flexibility index (Phi) is 4.89. The number of nitrogens with zero attached hydrogens (tertiary/aromatic N) is 3. The number of methoxy groups -OCH3 is 2. The van der Waals surface area contributed by atoms with Gasteiger partial charge in [-0.15, -0.1) is 0 Å². The van der Waals surface area contributed by atoms with E-state index < -0.39 is 0 Å². The van der Waals surface area contributed by atoms with E-state index in [1.165, 1.54) is 6.20 Å². The third-order valence-electron chi connectivity index (χ3n) is 3.43. The lowest BCUT2D eigenvalue weighted by Crippen LogP contribution is -2.22. The summed E-state index contributed by atoms with van der Waals surface area (Å²) < 4.78 is 15.6. The van der Waals surface area contributed by atoms with Gasteiger partial charge in [0.15, 0.2) is 11.5 Å². The van der Waals surface area contributed by atoms with Crippen molar-refractivity contribution in [1.82, 2.24) is 20.4 Å². The molecular formula is C17H16N4O4. The van der Waals surface area contributed by atoms with Crippen molar-refractivity contribution in [1.29, 1.82) is 0 Å². The van der Waals surface area contributed by atoms with E-state index in [0.29, 0.717) is 34.3 Å². The summed E-state index contributed by atoms with van der Waals surface area (Å²) in [5.74, 6) is 1.60. The van der Waals surface area contributed by atoms with Crippen LogP contribution in [-0.4, -0.2) is 35.3 Å². The average Bonchev–Trinajstić information content (AvgIpc) is 3.15. The molecule has 1 aromatic carbocycles. The summed E-state index contributed by atoms with van der Waals surface area (Å²) in [5.41, 5.74) is 1.17. The Labute approximate surface area is 143 Å². The van der Waals surface area contributed by atoms with Crippen LogP contribution in [0, 0.1) is 0 Å². The molecule has 0 unspecified atom stereocenters. The lowest BCUT2D eigenvalue weighted by molar-refractivity contribution is 0.0946. The number of hydrogen-bond donors (Lipinski definition) is 1. The molecule has 25 heavy (non-hydrogen) atoms. The van der Waals surface area contributed by atoms with Gasteiger partial charge >= 0.3 is 0 Å². The summed E-state index contributed by atoms with van der Waals surface area (Å²) in [7, 11) is 3.12. The van der Waals surface area contributed by atoms with Crippen molar-refractivity contribution in [3.63, 3.8) is 0 Å². The van der Waals surface area contributed by atoms with Crippen LogP contribution < -0.4 is 14.8 Å². The molecular weight excluding hydrogens is 324 g/mol. The molecule has 0 spiro atoms. The van der Waals surface area contributed by atoms with Crippen molar-refractivity contribution < 1.29 is 18.8 Å². The van der Waals surface area contributed by atoms with Gasteiger partial charge in [-0.2, -0.15) is 4.98 Å². The van der Waals surface area contributed by atoms with E-state index in [9.17, 15) is 4.79 Å². The Balaban J connectivity index is 1.69. The van der Waals surface area contributed by atoms with E-state index in [0.717, 1.165) is 0 Å². The van der Waals surface area contributed by atoms with Crippen LogP contribution in [0.4, 0.5) is 0 Å². The number of nitrogens with one attached hydrogen (secondary N) is 1. The number of hydrogen-bond acceptors (Lipinski definition) is 7. The predicted molar refractivity (Wildman–Crippen MR) is 88.2 cm³/mol. The van der Waals surface area contributed by atoms with E-state index in [-0.39, 0.29) is 12.5 Å². The topological polar surface area (TPSA) is 99.4 Å². The van der Waals surface area contributed by atoms with Gasteiger partial charge in [-0.1, -0.05) is 5.16 Å². The van der Waals surface area contributed by atoms with Crippen LogP contribution >= 0.6 is 0 Å². The molecule has 8 nitrogen and oxygen atoms in total. The number of rotatable bonds is 6. The minimum Gasteiger partial charge on any atom is -0.493 e.